The maximum atomic E-state index is 13.2. The third-order valence-electron chi connectivity index (χ3n) is 6.60. The third-order valence-corrected chi connectivity index (χ3v) is 6.84. The Kier molecular flexibility index (Phi) is 6.89. The molecule has 2 aromatic carbocycles. The molecule has 1 amide bonds. The molecule has 2 heterocycles. The topological polar surface area (TPSA) is 24.8 Å². The molecule has 2 atom stereocenters. The summed E-state index contributed by atoms with van der Waals surface area (Å²) in [7, 11) is 0. The maximum Gasteiger partial charge on any atom is 0.231 e. The van der Waals surface area contributed by atoms with E-state index < -0.39 is 0 Å². The number of halogens is 1. The van der Waals surface area contributed by atoms with Crippen molar-refractivity contribution in [2.75, 3.05) is 26.2 Å². The van der Waals surface area contributed by atoms with Crippen LogP contribution in [0, 0.1) is 11.8 Å². The first-order valence-electron chi connectivity index (χ1n) is 11.1. The van der Waals surface area contributed by atoms with Crippen molar-refractivity contribution in [3.8, 4) is 0 Å². The van der Waals surface area contributed by atoms with Gasteiger partial charge in [0.1, 0.15) is 6.54 Å². The second-order valence-electron chi connectivity index (χ2n) is 8.81. The van der Waals surface area contributed by atoms with Gasteiger partial charge in [-0.05, 0) is 55.7 Å². The summed E-state index contributed by atoms with van der Waals surface area (Å²) < 4.78 is 0. The second kappa shape index (κ2) is 9.77. The molecule has 0 spiro atoms. The van der Waals surface area contributed by atoms with E-state index >= 15 is 0 Å². The van der Waals surface area contributed by atoms with Crippen LogP contribution in [0.4, 0.5) is 0 Å². The van der Waals surface area contributed by atoms with E-state index in [4.69, 9.17) is 11.6 Å². The summed E-state index contributed by atoms with van der Waals surface area (Å²) in [5, 5.41) is 0.796. The van der Waals surface area contributed by atoms with Gasteiger partial charge < -0.3 is 9.80 Å². The molecule has 0 aliphatic carbocycles. The average Bonchev–Trinajstić information content (AvgIpc) is 2.75. The lowest BCUT2D eigenvalue weighted by atomic mass is 9.89. The van der Waals surface area contributed by atoms with Gasteiger partial charge in [-0.2, -0.15) is 0 Å². The second-order valence-corrected chi connectivity index (χ2v) is 9.24. The van der Waals surface area contributed by atoms with Crippen LogP contribution in [0.25, 0.3) is 0 Å². The number of benzene rings is 2. The normalized spacial score (nSPS) is 23.1. The summed E-state index contributed by atoms with van der Waals surface area (Å²) in [4.78, 5) is 16.8. The fourth-order valence-corrected chi connectivity index (χ4v) is 5.23. The van der Waals surface area contributed by atoms with Gasteiger partial charge in [-0.25, -0.2) is 0 Å². The number of hydrogen-bond acceptors (Lipinski definition) is 1. The van der Waals surface area contributed by atoms with Crippen LogP contribution in [0.3, 0.4) is 0 Å². The monoisotopic (exact) mass is 411 g/mol. The molecule has 2 aliphatic rings. The van der Waals surface area contributed by atoms with Crippen molar-refractivity contribution >= 4 is 17.5 Å². The molecule has 0 radical (unpaired) electrons. The Morgan fingerprint density at radius 2 is 1.76 bits per heavy atom. The van der Waals surface area contributed by atoms with E-state index in [1.165, 1.54) is 16.0 Å². The van der Waals surface area contributed by atoms with Crippen LogP contribution in [0.15, 0.2) is 54.6 Å². The fourth-order valence-electron chi connectivity index (χ4n) is 5.02. The Balaban J connectivity index is 1.27. The molecule has 0 aromatic heterocycles. The lowest BCUT2D eigenvalue weighted by Gasteiger charge is -2.36. The van der Waals surface area contributed by atoms with Gasteiger partial charge in [0.25, 0.3) is 0 Å². The van der Waals surface area contributed by atoms with Crippen LogP contribution in [0.5, 0.6) is 0 Å². The minimum atomic E-state index is 0.184. The maximum absolute atomic E-state index is 13.2. The first-order valence-corrected chi connectivity index (χ1v) is 11.5. The fraction of sp³-hybridized carbons (Fsp3) is 0.480. The molecule has 3 nitrogen and oxygen atoms in total. The number of carbonyl (C=O) groups excluding carboxylic acids is 1. The molecule has 2 unspecified atom stereocenters. The number of nitrogens with one attached hydrogen (secondary N) is 1. The molecule has 4 heteroatoms. The third kappa shape index (κ3) is 5.61. The highest BCUT2D eigenvalue weighted by Crippen LogP contribution is 2.24. The zero-order valence-electron chi connectivity index (χ0n) is 17.2. The number of carbonyl (C=O) groups is 1. The number of nitrogens with zero attached hydrogens (tertiary/aromatic N) is 1. The minimum absolute atomic E-state index is 0.184. The summed E-state index contributed by atoms with van der Waals surface area (Å²) in [5.41, 5.74) is 2.69. The van der Waals surface area contributed by atoms with Gasteiger partial charge in [0.15, 0.2) is 0 Å². The van der Waals surface area contributed by atoms with Gasteiger partial charge in [0.05, 0.1) is 19.0 Å². The lowest BCUT2D eigenvalue weighted by molar-refractivity contribution is -0.921. The van der Waals surface area contributed by atoms with E-state index in [0.29, 0.717) is 11.8 Å². The minimum Gasteiger partial charge on any atom is -0.342 e. The van der Waals surface area contributed by atoms with Crippen molar-refractivity contribution < 1.29 is 9.69 Å². The van der Waals surface area contributed by atoms with Gasteiger partial charge in [-0.3, -0.25) is 4.79 Å². The smallest absolute Gasteiger partial charge is 0.231 e. The van der Waals surface area contributed by atoms with Crippen molar-refractivity contribution in [3.63, 3.8) is 0 Å². The molecule has 0 saturated carbocycles. The largest absolute Gasteiger partial charge is 0.342 e. The van der Waals surface area contributed by atoms with Crippen LogP contribution in [0.2, 0.25) is 5.02 Å². The highest BCUT2D eigenvalue weighted by atomic mass is 35.5. The van der Waals surface area contributed by atoms with E-state index in [0.717, 1.165) is 69.9 Å². The Labute approximate surface area is 179 Å². The SMILES string of the molecule is O=C(C1CCC[NH+](Cc2cccc(Cl)c2)C1)N1CCC(Cc2ccccc2)CC1. The van der Waals surface area contributed by atoms with Crippen LogP contribution in [-0.2, 0) is 17.8 Å². The highest BCUT2D eigenvalue weighted by Gasteiger charge is 2.33. The van der Waals surface area contributed by atoms with E-state index in [-0.39, 0.29) is 5.92 Å². The first-order chi connectivity index (χ1) is 14.2. The van der Waals surface area contributed by atoms with Crippen LogP contribution < -0.4 is 4.90 Å². The molecule has 2 saturated heterocycles. The number of amides is 1. The van der Waals surface area contributed by atoms with Crippen molar-refractivity contribution in [2.45, 2.75) is 38.6 Å². The number of rotatable bonds is 5. The standard InChI is InChI=1S/C25H31ClN2O/c26-24-10-4-8-22(17-24)18-27-13-5-9-23(19-27)25(29)28-14-11-21(12-15-28)16-20-6-2-1-3-7-20/h1-4,6-8,10,17,21,23H,5,9,11-16,18-19H2/p+1. The van der Waals surface area contributed by atoms with Crippen LogP contribution in [-0.4, -0.2) is 37.0 Å². The predicted molar refractivity (Wildman–Crippen MR) is 118 cm³/mol. The Morgan fingerprint density at radius 3 is 2.52 bits per heavy atom. The molecule has 2 aliphatic heterocycles. The molecule has 2 fully saturated rings. The number of hydrogen-bond donors (Lipinski definition) is 1. The molecular weight excluding hydrogens is 380 g/mol. The molecule has 0 bridgehead atoms. The molecule has 29 heavy (non-hydrogen) atoms. The summed E-state index contributed by atoms with van der Waals surface area (Å²) in [6, 6.07) is 18.9. The Bertz CT molecular complexity index is 801. The van der Waals surface area contributed by atoms with Crippen LogP contribution in [0.1, 0.15) is 36.8 Å². The van der Waals surface area contributed by atoms with E-state index in [1.54, 1.807) is 0 Å². The first kappa shape index (κ1) is 20.4. The Morgan fingerprint density at radius 1 is 1.00 bits per heavy atom. The predicted octanol–water partition coefficient (Wildman–Crippen LogP) is 3.62. The Hall–Kier alpha value is -1.84. The molecule has 154 valence electrons. The quantitative estimate of drug-likeness (QED) is 0.798. The van der Waals surface area contributed by atoms with Gasteiger partial charge in [0, 0.05) is 23.7 Å². The lowest BCUT2D eigenvalue weighted by Crippen LogP contribution is -3.12. The highest BCUT2D eigenvalue weighted by molar-refractivity contribution is 6.30. The number of quaternary nitrogens is 1. The van der Waals surface area contributed by atoms with Crippen molar-refractivity contribution in [1.29, 1.82) is 0 Å². The summed E-state index contributed by atoms with van der Waals surface area (Å²) in [6.45, 7) is 4.92. The summed E-state index contributed by atoms with van der Waals surface area (Å²) in [5.74, 6) is 1.29. The molecule has 1 N–H and O–H groups in total. The van der Waals surface area contributed by atoms with Crippen LogP contribution >= 0.6 is 11.6 Å². The van der Waals surface area contributed by atoms with Crippen molar-refractivity contribution in [1.82, 2.24) is 4.90 Å². The molecule has 4 rings (SSSR count). The zero-order valence-corrected chi connectivity index (χ0v) is 17.9. The zero-order chi connectivity index (χ0) is 20.1. The number of piperidine rings is 2. The van der Waals surface area contributed by atoms with Crippen molar-refractivity contribution in [2.24, 2.45) is 11.8 Å². The van der Waals surface area contributed by atoms with Gasteiger partial charge >= 0.3 is 0 Å². The van der Waals surface area contributed by atoms with Gasteiger partial charge in [-0.1, -0.05) is 54.1 Å². The van der Waals surface area contributed by atoms with Crippen molar-refractivity contribution in [3.05, 3.63) is 70.7 Å². The average molecular weight is 412 g/mol. The van der Waals surface area contributed by atoms with Gasteiger partial charge in [0.2, 0.25) is 5.91 Å². The van der Waals surface area contributed by atoms with Gasteiger partial charge in [-0.15, -0.1) is 0 Å². The molecular formula is C25H32ClN2O+. The van der Waals surface area contributed by atoms with E-state index in [2.05, 4.69) is 47.4 Å². The van der Waals surface area contributed by atoms with E-state index in [9.17, 15) is 4.79 Å². The molecule has 2 aromatic rings. The summed E-state index contributed by atoms with van der Waals surface area (Å²) >= 11 is 6.14. The van der Waals surface area contributed by atoms with E-state index in [1.807, 2.05) is 12.1 Å². The summed E-state index contributed by atoms with van der Waals surface area (Å²) in [6.07, 6.45) is 5.58. The number of likely N-dealkylation sites (tertiary alicyclic amines) is 2.